The van der Waals surface area contributed by atoms with Crippen molar-refractivity contribution in [3.63, 3.8) is 0 Å². The van der Waals surface area contributed by atoms with Crippen molar-refractivity contribution in [3.8, 4) is 5.75 Å². The lowest BCUT2D eigenvalue weighted by Crippen LogP contribution is -2.49. The lowest BCUT2D eigenvalue weighted by Gasteiger charge is -2.37. The van der Waals surface area contributed by atoms with E-state index in [0.29, 0.717) is 17.7 Å². The quantitative estimate of drug-likeness (QED) is 0.221. The minimum Gasteiger partial charge on any atom is -0.496 e. The summed E-state index contributed by atoms with van der Waals surface area (Å²) in [6.45, 7) is 0. The molecule has 1 atom stereocenters. The zero-order chi connectivity index (χ0) is 30.0. The van der Waals surface area contributed by atoms with Gasteiger partial charge < -0.3 is 10.1 Å². The number of nitrogens with zero attached hydrogens (tertiary/aromatic N) is 1. The molecule has 0 fully saturated rings. The van der Waals surface area contributed by atoms with Crippen molar-refractivity contribution in [1.29, 1.82) is 0 Å². The zero-order valence-electron chi connectivity index (χ0n) is 21.1. The molecule has 1 N–H and O–H groups in total. The molecule has 0 radical (unpaired) electrons. The number of methoxy groups -OCH3 is 1. The monoisotopic (exact) mass is 596 g/mol. The molecule has 4 aromatic rings. The van der Waals surface area contributed by atoms with E-state index in [4.69, 9.17) is 16.3 Å². The first-order valence-corrected chi connectivity index (χ1v) is 12.2. The number of halogens is 8. The summed E-state index contributed by atoms with van der Waals surface area (Å²) in [7, 11) is 1.21. The molecule has 41 heavy (non-hydrogen) atoms. The zero-order valence-corrected chi connectivity index (χ0v) is 21.8. The van der Waals surface area contributed by atoms with Crippen molar-refractivity contribution in [3.05, 3.63) is 129 Å². The second-order valence-corrected chi connectivity index (χ2v) is 9.43. The van der Waals surface area contributed by atoms with Gasteiger partial charge in [0.05, 0.1) is 29.0 Å². The summed E-state index contributed by atoms with van der Waals surface area (Å²) < 4.78 is 101. The van der Waals surface area contributed by atoms with Crippen molar-refractivity contribution in [2.45, 2.75) is 24.3 Å². The average molecular weight is 597 g/mol. The third-order valence-electron chi connectivity index (χ3n) is 6.32. The van der Waals surface area contributed by atoms with E-state index in [1.807, 2.05) is 0 Å². The van der Waals surface area contributed by atoms with Gasteiger partial charge in [0.25, 0.3) is 5.91 Å². The first-order chi connectivity index (χ1) is 19.2. The second-order valence-electron chi connectivity index (χ2n) is 8.99. The van der Waals surface area contributed by atoms with Crippen LogP contribution in [-0.4, -0.2) is 18.0 Å². The van der Waals surface area contributed by atoms with E-state index in [2.05, 4.69) is 10.3 Å². The number of nitrogens with one attached hydrogen (secondary N) is 1. The van der Waals surface area contributed by atoms with Crippen LogP contribution >= 0.6 is 11.6 Å². The van der Waals surface area contributed by atoms with Gasteiger partial charge in [-0.25, -0.2) is 4.39 Å². The molecule has 0 saturated heterocycles. The number of carbonyl (C=O) groups excluding carboxylic acids is 1. The summed E-state index contributed by atoms with van der Waals surface area (Å²) in [6.07, 6.45) is -8.90. The molecule has 0 aliphatic rings. The average Bonchev–Trinajstić information content (AvgIpc) is 2.92. The topological polar surface area (TPSA) is 51.2 Å². The van der Waals surface area contributed by atoms with Gasteiger partial charge in [-0.2, -0.15) is 26.3 Å². The molecule has 3 aromatic carbocycles. The Hall–Kier alpha value is -4.12. The van der Waals surface area contributed by atoms with Gasteiger partial charge in [-0.1, -0.05) is 41.9 Å². The molecular formula is C29H20ClF7N2O2. The van der Waals surface area contributed by atoms with Crippen LogP contribution in [-0.2, 0) is 24.3 Å². The summed E-state index contributed by atoms with van der Waals surface area (Å²) in [5.41, 5.74) is -4.93. The van der Waals surface area contributed by atoms with Crippen LogP contribution in [0.1, 0.15) is 38.3 Å². The number of hydrogen-bond donors (Lipinski definition) is 1. The highest BCUT2D eigenvalue weighted by molar-refractivity contribution is 6.30. The maximum atomic E-state index is 14.0. The van der Waals surface area contributed by atoms with Gasteiger partial charge in [0, 0.05) is 23.7 Å². The normalized spacial score (nSPS) is 13.4. The minimum absolute atomic E-state index is 0.00915. The fourth-order valence-corrected chi connectivity index (χ4v) is 4.51. The molecule has 0 saturated carbocycles. The maximum absolute atomic E-state index is 14.0. The van der Waals surface area contributed by atoms with E-state index in [9.17, 15) is 35.5 Å². The Bertz CT molecular complexity index is 1540. The van der Waals surface area contributed by atoms with E-state index in [-0.39, 0.29) is 28.5 Å². The van der Waals surface area contributed by atoms with Crippen molar-refractivity contribution in [2.75, 3.05) is 7.11 Å². The largest absolute Gasteiger partial charge is 0.496 e. The van der Waals surface area contributed by atoms with Crippen molar-refractivity contribution in [2.24, 2.45) is 0 Å². The Morgan fingerprint density at radius 1 is 0.878 bits per heavy atom. The van der Waals surface area contributed by atoms with Crippen LogP contribution in [0.25, 0.3) is 0 Å². The van der Waals surface area contributed by atoms with Gasteiger partial charge in [0.2, 0.25) is 0 Å². The predicted octanol–water partition coefficient (Wildman–Crippen LogP) is 7.84. The molecule has 12 heteroatoms. The summed E-state index contributed by atoms with van der Waals surface area (Å²) >= 11 is 6.02. The highest BCUT2D eigenvalue weighted by Gasteiger charge is 2.43. The highest BCUT2D eigenvalue weighted by Crippen LogP contribution is 2.42. The third-order valence-corrected chi connectivity index (χ3v) is 6.55. The fraction of sp³-hybridized carbons (Fsp3) is 0.172. The van der Waals surface area contributed by atoms with Crippen LogP contribution in [0.3, 0.4) is 0 Å². The fourth-order valence-electron chi connectivity index (χ4n) is 4.40. The lowest BCUT2D eigenvalue weighted by atomic mass is 9.79. The summed E-state index contributed by atoms with van der Waals surface area (Å²) in [4.78, 5) is 17.9. The number of hydrogen-bond acceptors (Lipinski definition) is 3. The lowest BCUT2D eigenvalue weighted by molar-refractivity contribution is -0.140. The summed E-state index contributed by atoms with van der Waals surface area (Å²) in [6, 6.07) is 15.4. The molecule has 214 valence electrons. The number of pyridine rings is 1. The number of alkyl halides is 6. The maximum Gasteiger partial charge on any atom is 0.419 e. The molecule has 1 amide bonds. The van der Waals surface area contributed by atoms with E-state index in [1.165, 1.54) is 25.4 Å². The first kappa shape index (κ1) is 29.9. The SMILES string of the molecule is COc1ccc(C(F)(F)F)cc1C(Cc1ccccc1)(NC(=O)c1ccc(F)c(C(F)(F)F)c1)c1ccc(Cl)cn1. The van der Waals surface area contributed by atoms with Crippen molar-refractivity contribution >= 4 is 17.5 Å². The number of rotatable bonds is 7. The number of amides is 1. The molecule has 1 unspecified atom stereocenters. The number of aromatic nitrogens is 1. The van der Waals surface area contributed by atoms with E-state index in [0.717, 1.165) is 24.3 Å². The molecule has 4 nitrogen and oxygen atoms in total. The first-order valence-electron chi connectivity index (χ1n) is 11.9. The van der Waals surface area contributed by atoms with Crippen LogP contribution in [0.15, 0.2) is 85.1 Å². The van der Waals surface area contributed by atoms with Crippen LogP contribution in [0.5, 0.6) is 5.75 Å². The number of benzene rings is 3. The van der Waals surface area contributed by atoms with Gasteiger partial charge in [0.1, 0.15) is 17.1 Å². The van der Waals surface area contributed by atoms with Crippen LogP contribution in [0.4, 0.5) is 30.7 Å². The molecule has 1 aromatic heterocycles. The molecule has 0 bridgehead atoms. The van der Waals surface area contributed by atoms with Gasteiger partial charge in [-0.05, 0) is 54.1 Å². The Morgan fingerprint density at radius 3 is 2.17 bits per heavy atom. The van der Waals surface area contributed by atoms with Crippen LogP contribution < -0.4 is 10.1 Å². The number of carbonyl (C=O) groups is 1. The third kappa shape index (κ3) is 6.45. The highest BCUT2D eigenvalue weighted by atomic mass is 35.5. The van der Waals surface area contributed by atoms with Crippen LogP contribution in [0, 0.1) is 5.82 Å². The van der Waals surface area contributed by atoms with E-state index in [1.54, 1.807) is 30.3 Å². The second kappa shape index (κ2) is 11.4. The Balaban J connectivity index is 2.01. The van der Waals surface area contributed by atoms with Crippen molar-refractivity contribution in [1.82, 2.24) is 10.3 Å². The van der Waals surface area contributed by atoms with Gasteiger partial charge in [0.15, 0.2) is 0 Å². The van der Waals surface area contributed by atoms with Gasteiger partial charge >= 0.3 is 12.4 Å². The van der Waals surface area contributed by atoms with Crippen molar-refractivity contribution < 1.29 is 40.3 Å². The molecule has 0 spiro atoms. The van der Waals surface area contributed by atoms with E-state index < -0.39 is 46.3 Å². The minimum atomic E-state index is -5.11. The Kier molecular flexibility index (Phi) is 8.30. The van der Waals surface area contributed by atoms with E-state index >= 15 is 0 Å². The van der Waals surface area contributed by atoms with Gasteiger partial charge in [-0.3, -0.25) is 9.78 Å². The van der Waals surface area contributed by atoms with Crippen LogP contribution in [0.2, 0.25) is 5.02 Å². The Morgan fingerprint density at radius 2 is 1.59 bits per heavy atom. The standard InChI is InChI=1S/C29H20ClF7N2O2/c1-41-24-11-8-19(28(32,33)34)14-22(24)27(15-17-5-3-2-4-6-17,25-12-9-20(30)16-38-25)39-26(40)18-7-10-23(31)21(13-18)29(35,36)37/h2-14,16H,15H2,1H3,(H,39,40). The molecule has 0 aliphatic carbocycles. The smallest absolute Gasteiger partial charge is 0.419 e. The molecule has 4 rings (SSSR count). The number of ether oxygens (including phenoxy) is 1. The summed E-state index contributed by atoms with van der Waals surface area (Å²) in [5, 5.41) is 2.80. The molecule has 1 heterocycles. The molecule has 0 aliphatic heterocycles. The summed E-state index contributed by atoms with van der Waals surface area (Å²) in [5.74, 6) is -2.80. The molecular weight excluding hydrogens is 577 g/mol. The van der Waals surface area contributed by atoms with Gasteiger partial charge in [-0.15, -0.1) is 0 Å². The Labute approximate surface area is 234 Å². The predicted molar refractivity (Wildman–Crippen MR) is 137 cm³/mol.